The lowest BCUT2D eigenvalue weighted by atomic mass is 9.94. The van der Waals surface area contributed by atoms with Crippen molar-refractivity contribution in [3.63, 3.8) is 0 Å². The van der Waals surface area contributed by atoms with Gasteiger partial charge in [-0.05, 0) is 39.0 Å². The molecule has 0 saturated carbocycles. The summed E-state index contributed by atoms with van der Waals surface area (Å²) in [5.74, 6) is -3.77. The van der Waals surface area contributed by atoms with Crippen molar-refractivity contribution in [2.75, 3.05) is 27.9 Å². The van der Waals surface area contributed by atoms with Crippen LogP contribution in [0.15, 0.2) is 18.2 Å². The monoisotopic (exact) mass is 603 g/mol. The van der Waals surface area contributed by atoms with Crippen LogP contribution in [-0.2, 0) is 30.4 Å². The summed E-state index contributed by atoms with van der Waals surface area (Å²) in [5.41, 5.74) is 1.21. The molecule has 1 atom stereocenters. The van der Waals surface area contributed by atoms with Gasteiger partial charge in [-0.2, -0.15) is 0 Å². The van der Waals surface area contributed by atoms with E-state index in [-0.39, 0.29) is 52.6 Å². The van der Waals surface area contributed by atoms with E-state index < -0.39 is 28.5 Å². The maximum Gasteiger partial charge on any atom is 0.324 e. The predicted octanol–water partition coefficient (Wildman–Crippen LogP) is 3.50. The highest BCUT2D eigenvalue weighted by molar-refractivity contribution is 6.33. The number of imidazole rings is 1. The fourth-order valence-corrected chi connectivity index (χ4v) is 4.65. The van der Waals surface area contributed by atoms with Gasteiger partial charge in [0, 0.05) is 18.3 Å². The van der Waals surface area contributed by atoms with Crippen LogP contribution in [0.3, 0.4) is 0 Å². The highest BCUT2D eigenvalue weighted by atomic mass is 35.5. The molecule has 0 spiro atoms. The number of carbonyl (C=O) groups excluding carboxylic acids is 4. The van der Waals surface area contributed by atoms with Crippen molar-refractivity contribution in [3.05, 3.63) is 67.4 Å². The number of rotatable bonds is 12. The zero-order valence-electron chi connectivity index (χ0n) is 23.8. The number of aryl methyl sites for hydroxylation is 2. The summed E-state index contributed by atoms with van der Waals surface area (Å²) >= 11 is 6.29. The Labute approximate surface area is 245 Å². The van der Waals surface area contributed by atoms with Gasteiger partial charge in [-0.15, -0.1) is 0 Å². The maximum atomic E-state index is 12.9. The number of likely N-dealkylation sites (N-methyl/N-ethyl adjacent to an activating group) is 1. The number of methoxy groups -OCH3 is 2. The van der Waals surface area contributed by atoms with E-state index in [1.165, 1.54) is 17.0 Å². The molecule has 3 rings (SSSR count). The number of benzene rings is 1. The van der Waals surface area contributed by atoms with Crippen molar-refractivity contribution in [2.45, 2.75) is 39.3 Å². The zero-order chi connectivity index (χ0) is 31.3. The second-order valence-electron chi connectivity index (χ2n) is 9.46. The van der Waals surface area contributed by atoms with E-state index >= 15 is 0 Å². The molecule has 224 valence electrons. The topological polar surface area (TPSA) is 187 Å². The number of aldehydes is 1. The SMILES string of the molecule is COC(=O)C(C(=O)OC)c1cc(-c2nc(C)[nH]c2COC[C@@H](C)N(C)C(=O)c2cc(C)[nH]c2C=O)cc(Cl)c1[N+](=O)[O-]. The third kappa shape index (κ3) is 6.66. The van der Waals surface area contributed by atoms with Crippen molar-refractivity contribution in [3.8, 4) is 11.3 Å². The quantitative estimate of drug-likeness (QED) is 0.102. The maximum absolute atomic E-state index is 12.9. The first-order valence-corrected chi connectivity index (χ1v) is 12.9. The molecule has 1 aromatic carbocycles. The first kappa shape index (κ1) is 32.0. The Bertz CT molecular complexity index is 1510. The van der Waals surface area contributed by atoms with Crippen molar-refractivity contribution in [1.29, 1.82) is 0 Å². The Morgan fingerprint density at radius 2 is 1.79 bits per heavy atom. The molecular formula is C27H30ClN5O9. The summed E-state index contributed by atoms with van der Waals surface area (Å²) in [7, 11) is 3.67. The zero-order valence-corrected chi connectivity index (χ0v) is 24.5. The average Bonchev–Trinajstić information content (AvgIpc) is 3.52. The number of halogens is 1. The van der Waals surface area contributed by atoms with Gasteiger partial charge in [-0.25, -0.2) is 4.98 Å². The fourth-order valence-electron chi connectivity index (χ4n) is 4.35. The van der Waals surface area contributed by atoms with E-state index in [0.717, 1.165) is 14.2 Å². The standard InChI is InChI=1S/C27H30ClN5O9/c1-13-7-17(20(10-34)29-13)25(35)32(4)14(2)11-42-12-21-23(31-15(3)30-21)16-8-18(24(33(38)39)19(28)9-16)22(26(36)40-5)27(37)41-6/h7-10,14,22,29H,11-12H2,1-6H3,(H,30,31)/t14-/m1/s1. The number of nitro benzene ring substituents is 1. The minimum atomic E-state index is -1.77. The van der Waals surface area contributed by atoms with E-state index in [1.807, 2.05) is 0 Å². The summed E-state index contributed by atoms with van der Waals surface area (Å²) in [5, 5.41) is 11.5. The summed E-state index contributed by atoms with van der Waals surface area (Å²) in [6, 6.07) is 3.78. The first-order valence-electron chi connectivity index (χ1n) is 12.5. The number of amides is 1. The Balaban J connectivity index is 1.88. The van der Waals surface area contributed by atoms with Gasteiger partial charge in [0.25, 0.3) is 11.6 Å². The minimum absolute atomic E-state index is 0.00718. The summed E-state index contributed by atoms with van der Waals surface area (Å²) in [6.45, 7) is 5.31. The van der Waals surface area contributed by atoms with E-state index in [4.69, 9.17) is 25.8 Å². The lowest BCUT2D eigenvalue weighted by molar-refractivity contribution is -0.385. The lowest BCUT2D eigenvalue weighted by Gasteiger charge is -2.24. The van der Waals surface area contributed by atoms with Crippen LogP contribution in [-0.4, -0.2) is 82.8 Å². The van der Waals surface area contributed by atoms with E-state index in [0.29, 0.717) is 29.2 Å². The van der Waals surface area contributed by atoms with Crippen LogP contribution in [0.5, 0.6) is 0 Å². The number of esters is 2. The fraction of sp³-hybridized carbons (Fsp3) is 0.370. The number of hydrogen-bond donors (Lipinski definition) is 2. The van der Waals surface area contributed by atoms with E-state index in [9.17, 15) is 29.3 Å². The molecule has 0 unspecified atom stereocenters. The smallest absolute Gasteiger partial charge is 0.324 e. The highest BCUT2D eigenvalue weighted by Gasteiger charge is 2.38. The molecule has 1 amide bonds. The number of aromatic nitrogens is 3. The minimum Gasteiger partial charge on any atom is -0.468 e. The van der Waals surface area contributed by atoms with Crippen LogP contribution >= 0.6 is 11.6 Å². The molecule has 0 aliphatic carbocycles. The predicted molar refractivity (Wildman–Crippen MR) is 149 cm³/mol. The number of hydrogen-bond acceptors (Lipinski definition) is 10. The third-order valence-corrected chi connectivity index (χ3v) is 6.84. The molecular weight excluding hydrogens is 574 g/mol. The summed E-state index contributed by atoms with van der Waals surface area (Å²) in [4.78, 5) is 72.1. The Kier molecular flexibility index (Phi) is 10.2. The number of nitro groups is 1. The van der Waals surface area contributed by atoms with Gasteiger partial charge < -0.3 is 29.1 Å². The molecule has 0 aliphatic rings. The van der Waals surface area contributed by atoms with Gasteiger partial charge in [0.2, 0.25) is 0 Å². The summed E-state index contributed by atoms with van der Waals surface area (Å²) < 4.78 is 15.3. The molecule has 0 radical (unpaired) electrons. The average molecular weight is 604 g/mol. The van der Waals surface area contributed by atoms with Gasteiger partial charge in [0.15, 0.2) is 12.2 Å². The van der Waals surface area contributed by atoms with Crippen molar-refractivity contribution >= 4 is 41.4 Å². The molecule has 2 N–H and O–H groups in total. The first-order chi connectivity index (χ1) is 19.8. The van der Waals surface area contributed by atoms with Crippen LogP contribution in [0.1, 0.15) is 56.5 Å². The van der Waals surface area contributed by atoms with Crippen molar-refractivity contribution in [2.24, 2.45) is 0 Å². The number of carbonyl (C=O) groups is 4. The number of aromatic amines is 2. The highest BCUT2D eigenvalue weighted by Crippen LogP contribution is 2.39. The molecule has 0 saturated heterocycles. The van der Waals surface area contributed by atoms with Gasteiger partial charge >= 0.3 is 11.9 Å². The van der Waals surface area contributed by atoms with Crippen molar-refractivity contribution < 1.29 is 38.3 Å². The molecule has 2 aromatic heterocycles. The van der Waals surface area contributed by atoms with Gasteiger partial charge in [-0.3, -0.25) is 29.3 Å². The summed E-state index contributed by atoms with van der Waals surface area (Å²) in [6.07, 6.45) is 0.589. The number of nitrogens with one attached hydrogen (secondary N) is 2. The van der Waals surface area contributed by atoms with E-state index in [2.05, 4.69) is 15.0 Å². The molecule has 0 fully saturated rings. The number of H-pyrrole nitrogens is 2. The molecule has 2 heterocycles. The molecule has 0 bridgehead atoms. The normalized spacial score (nSPS) is 11.7. The number of ether oxygens (including phenoxy) is 3. The second kappa shape index (κ2) is 13.4. The van der Waals surface area contributed by atoms with Crippen molar-refractivity contribution in [1.82, 2.24) is 19.9 Å². The Morgan fingerprint density at radius 1 is 1.14 bits per heavy atom. The van der Waals surface area contributed by atoms with Crippen LogP contribution in [0.2, 0.25) is 5.02 Å². The van der Waals surface area contributed by atoms with Crippen LogP contribution < -0.4 is 0 Å². The Morgan fingerprint density at radius 3 is 2.36 bits per heavy atom. The lowest BCUT2D eigenvalue weighted by Crippen LogP contribution is -2.38. The molecule has 14 nitrogen and oxygen atoms in total. The van der Waals surface area contributed by atoms with E-state index in [1.54, 1.807) is 33.9 Å². The number of nitrogens with zero attached hydrogens (tertiary/aromatic N) is 3. The van der Waals surface area contributed by atoms with Gasteiger partial charge in [-0.1, -0.05) is 11.6 Å². The van der Waals surface area contributed by atoms with Gasteiger partial charge in [0.1, 0.15) is 10.8 Å². The largest absolute Gasteiger partial charge is 0.468 e. The third-order valence-electron chi connectivity index (χ3n) is 6.55. The Hall–Kier alpha value is -4.56. The molecule has 0 aliphatic heterocycles. The second-order valence-corrected chi connectivity index (χ2v) is 9.87. The molecule has 42 heavy (non-hydrogen) atoms. The molecule has 3 aromatic rings. The van der Waals surface area contributed by atoms with Crippen LogP contribution in [0, 0.1) is 24.0 Å². The van der Waals surface area contributed by atoms with Gasteiger partial charge in [0.05, 0.1) is 66.6 Å². The molecule has 15 heteroatoms. The van der Waals surface area contributed by atoms with Crippen LogP contribution in [0.25, 0.3) is 11.3 Å². The van der Waals surface area contributed by atoms with Crippen LogP contribution in [0.4, 0.5) is 5.69 Å².